The van der Waals surface area contributed by atoms with Crippen LogP contribution in [0.25, 0.3) is 11.3 Å². The van der Waals surface area contributed by atoms with Gasteiger partial charge in [0.15, 0.2) is 29.8 Å². The van der Waals surface area contributed by atoms with E-state index in [0.29, 0.717) is 6.42 Å². The van der Waals surface area contributed by atoms with Gasteiger partial charge in [-0.1, -0.05) is 35.5 Å². The molecule has 1 amide bonds. The van der Waals surface area contributed by atoms with Crippen LogP contribution in [0.5, 0.6) is 0 Å². The van der Waals surface area contributed by atoms with E-state index in [-0.39, 0.29) is 17.9 Å². The number of aliphatic hydroxyl groups excluding tert-OH is 1. The highest BCUT2D eigenvalue weighted by Gasteiger charge is 2.51. The van der Waals surface area contributed by atoms with Gasteiger partial charge in [-0.15, -0.1) is 5.10 Å². The maximum absolute atomic E-state index is 13.8. The molecule has 0 radical (unpaired) electrons. The monoisotopic (exact) mass is 505 g/mol. The van der Waals surface area contributed by atoms with E-state index in [1.54, 1.807) is 0 Å². The molecule has 2 fully saturated rings. The van der Waals surface area contributed by atoms with E-state index in [1.807, 2.05) is 35.8 Å². The number of carbonyl (C=O) groups excluding carboxylic acids is 1. The molecule has 6 atom stereocenters. The Morgan fingerprint density at radius 1 is 1.14 bits per heavy atom. The van der Waals surface area contributed by atoms with Gasteiger partial charge < -0.3 is 19.3 Å². The maximum Gasteiger partial charge on any atom is 0.265 e. The number of benzene rings is 2. The lowest BCUT2D eigenvalue weighted by molar-refractivity contribution is -0.238. The predicted molar refractivity (Wildman–Crippen MR) is 116 cm³/mol. The molecule has 0 aliphatic carbocycles. The lowest BCUT2D eigenvalue weighted by Gasteiger charge is -2.43. The van der Waals surface area contributed by atoms with Crippen molar-refractivity contribution in [1.82, 2.24) is 20.4 Å². The summed E-state index contributed by atoms with van der Waals surface area (Å²) in [4.78, 5) is 12.4. The lowest BCUT2D eigenvalue weighted by atomic mass is 9.90. The van der Waals surface area contributed by atoms with Crippen molar-refractivity contribution in [2.24, 2.45) is 5.84 Å². The van der Waals surface area contributed by atoms with Crippen LogP contribution in [0.2, 0.25) is 0 Å². The molecular weight excluding hydrogens is 483 g/mol. The summed E-state index contributed by atoms with van der Waals surface area (Å²) in [5, 5.41) is 19.1. The quantitative estimate of drug-likeness (QED) is 0.210. The minimum atomic E-state index is -1.61. The Labute approximate surface area is 202 Å². The number of nitrogens with two attached hydrogens (primary N) is 1. The molecule has 2 aliphatic heterocycles. The van der Waals surface area contributed by atoms with Crippen LogP contribution in [-0.2, 0) is 19.0 Å². The number of amides is 1. The Balaban J connectivity index is 1.53. The molecule has 2 aromatic carbocycles. The first-order chi connectivity index (χ1) is 17.4. The standard InChI is InChI=1S/C23H22F3N5O5/c24-13-8-12(9-14(25)17(13)26)15-10-31(30-29-15)18-19(32)21(22(33)28-27)35-16-6-7-34-23(36-20(16)18)11-4-2-1-3-5-11/h1-5,8-10,16,18-21,23,32H,6-7,27H2,(H,28,33)/t16-,18-,19-,20+,21-,23?/m1/s1. The molecule has 0 spiro atoms. The largest absolute Gasteiger partial charge is 0.387 e. The number of aromatic nitrogens is 3. The van der Waals surface area contributed by atoms with E-state index in [0.717, 1.165) is 17.7 Å². The Morgan fingerprint density at radius 2 is 1.86 bits per heavy atom. The third-order valence-electron chi connectivity index (χ3n) is 6.20. The second kappa shape index (κ2) is 9.95. The Morgan fingerprint density at radius 3 is 2.56 bits per heavy atom. The fourth-order valence-electron chi connectivity index (χ4n) is 4.46. The van der Waals surface area contributed by atoms with Crippen molar-refractivity contribution < 1.29 is 37.3 Å². The molecule has 5 rings (SSSR count). The van der Waals surface area contributed by atoms with Gasteiger partial charge in [0.05, 0.1) is 18.9 Å². The number of ether oxygens (including phenoxy) is 3. The zero-order chi connectivity index (χ0) is 25.4. The van der Waals surface area contributed by atoms with Crippen molar-refractivity contribution in [2.45, 2.75) is 43.2 Å². The van der Waals surface area contributed by atoms with Crippen LogP contribution in [0.3, 0.4) is 0 Å². The number of fused-ring (bicyclic) bond motifs is 1. The SMILES string of the molecule is NNC(=O)[C@@H]1O[C@@H]2CCOC(c3ccccc3)O[C@@H]2[C@H](n2cc(-c3cc(F)c(F)c(F)c3)nn2)[C@H]1O. The van der Waals surface area contributed by atoms with E-state index in [2.05, 4.69) is 10.3 Å². The van der Waals surface area contributed by atoms with Gasteiger partial charge in [0.25, 0.3) is 5.91 Å². The first-order valence-corrected chi connectivity index (χ1v) is 11.1. The van der Waals surface area contributed by atoms with Crippen molar-refractivity contribution in [1.29, 1.82) is 0 Å². The number of hydrazine groups is 1. The van der Waals surface area contributed by atoms with Gasteiger partial charge in [-0.2, -0.15) is 0 Å². The second-order valence-corrected chi connectivity index (χ2v) is 8.43. The normalized spacial score (nSPS) is 28.2. The topological polar surface area (TPSA) is 134 Å². The summed E-state index contributed by atoms with van der Waals surface area (Å²) in [7, 11) is 0. The van der Waals surface area contributed by atoms with Crippen LogP contribution >= 0.6 is 0 Å². The highest BCUT2D eigenvalue weighted by molar-refractivity contribution is 5.81. The molecule has 190 valence electrons. The molecule has 1 aromatic heterocycles. The zero-order valence-electron chi connectivity index (χ0n) is 18.6. The summed E-state index contributed by atoms with van der Waals surface area (Å²) in [6.07, 6.45) is -3.61. The third kappa shape index (κ3) is 4.47. The van der Waals surface area contributed by atoms with Crippen LogP contribution in [0.4, 0.5) is 13.2 Å². The van der Waals surface area contributed by atoms with E-state index < -0.39 is 60.1 Å². The van der Waals surface area contributed by atoms with E-state index in [1.165, 1.54) is 10.9 Å². The molecule has 2 aliphatic rings. The van der Waals surface area contributed by atoms with Crippen molar-refractivity contribution in [3.05, 3.63) is 71.7 Å². The average Bonchev–Trinajstić information content (AvgIpc) is 3.27. The van der Waals surface area contributed by atoms with Crippen molar-refractivity contribution in [3.8, 4) is 11.3 Å². The summed E-state index contributed by atoms with van der Waals surface area (Å²) < 4.78 is 60.2. The van der Waals surface area contributed by atoms with Gasteiger partial charge in [0.2, 0.25) is 0 Å². The summed E-state index contributed by atoms with van der Waals surface area (Å²) in [6.45, 7) is 0.233. The molecular formula is C23H22F3N5O5. The van der Waals surface area contributed by atoms with Gasteiger partial charge in [-0.25, -0.2) is 23.7 Å². The number of aliphatic hydroxyl groups is 1. The molecule has 1 unspecified atom stereocenters. The van der Waals surface area contributed by atoms with Crippen LogP contribution in [0.15, 0.2) is 48.7 Å². The fraction of sp³-hybridized carbons (Fsp3) is 0.348. The van der Waals surface area contributed by atoms with Crippen LogP contribution in [0, 0.1) is 17.5 Å². The van der Waals surface area contributed by atoms with Gasteiger partial charge in [-0.3, -0.25) is 10.2 Å². The number of nitrogens with zero attached hydrogens (tertiary/aromatic N) is 3. The Hall–Kier alpha value is -3.36. The summed E-state index contributed by atoms with van der Waals surface area (Å²) in [6, 6.07) is 9.64. The average molecular weight is 505 g/mol. The number of hydrogen-bond donors (Lipinski definition) is 3. The van der Waals surface area contributed by atoms with Crippen molar-refractivity contribution in [3.63, 3.8) is 0 Å². The smallest absolute Gasteiger partial charge is 0.265 e. The number of carbonyl (C=O) groups is 1. The van der Waals surface area contributed by atoms with Gasteiger partial charge in [0.1, 0.15) is 23.9 Å². The number of rotatable bonds is 4. The highest BCUT2D eigenvalue weighted by atomic mass is 19.2. The molecule has 0 bridgehead atoms. The third-order valence-corrected chi connectivity index (χ3v) is 6.20. The molecule has 10 nitrogen and oxygen atoms in total. The number of halogens is 3. The second-order valence-electron chi connectivity index (χ2n) is 8.43. The Kier molecular flexibility index (Phi) is 6.73. The summed E-state index contributed by atoms with van der Waals surface area (Å²) in [5.41, 5.74) is 2.63. The van der Waals surface area contributed by atoms with E-state index in [4.69, 9.17) is 20.1 Å². The summed E-state index contributed by atoms with van der Waals surface area (Å²) >= 11 is 0. The zero-order valence-corrected chi connectivity index (χ0v) is 18.6. The lowest BCUT2D eigenvalue weighted by Crippen LogP contribution is -2.60. The van der Waals surface area contributed by atoms with E-state index >= 15 is 0 Å². The minimum absolute atomic E-state index is 0.00681. The molecule has 3 aromatic rings. The molecule has 2 saturated heterocycles. The van der Waals surface area contributed by atoms with Gasteiger partial charge in [0, 0.05) is 11.1 Å². The molecule has 3 heterocycles. The van der Waals surface area contributed by atoms with Crippen molar-refractivity contribution >= 4 is 5.91 Å². The predicted octanol–water partition coefficient (Wildman–Crippen LogP) is 1.53. The minimum Gasteiger partial charge on any atom is -0.387 e. The van der Waals surface area contributed by atoms with Crippen LogP contribution in [0.1, 0.15) is 24.3 Å². The number of hydrogen-bond acceptors (Lipinski definition) is 8. The highest BCUT2D eigenvalue weighted by Crippen LogP contribution is 2.39. The van der Waals surface area contributed by atoms with Crippen LogP contribution < -0.4 is 11.3 Å². The Bertz CT molecular complexity index is 1220. The van der Waals surface area contributed by atoms with Gasteiger partial charge in [-0.05, 0) is 18.6 Å². The molecule has 36 heavy (non-hydrogen) atoms. The molecule has 4 N–H and O–H groups in total. The molecule has 13 heteroatoms. The van der Waals surface area contributed by atoms with Crippen molar-refractivity contribution in [2.75, 3.05) is 6.61 Å². The first kappa shape index (κ1) is 24.3. The summed E-state index contributed by atoms with van der Waals surface area (Å²) in [5.74, 6) is 0.134. The first-order valence-electron chi connectivity index (χ1n) is 11.1. The van der Waals surface area contributed by atoms with E-state index in [9.17, 15) is 23.1 Å². The van der Waals surface area contributed by atoms with Gasteiger partial charge >= 0.3 is 0 Å². The fourth-order valence-corrected chi connectivity index (χ4v) is 4.46. The maximum atomic E-state index is 13.8. The van der Waals surface area contributed by atoms with Crippen LogP contribution in [-0.4, -0.2) is 57.0 Å². The number of nitrogens with one attached hydrogen (secondary N) is 1. The molecule has 0 saturated carbocycles.